The van der Waals surface area contributed by atoms with Crippen molar-refractivity contribution in [2.24, 2.45) is 5.73 Å². The fourth-order valence-electron chi connectivity index (χ4n) is 4.57. The molecule has 1 saturated heterocycles. The van der Waals surface area contributed by atoms with Crippen LogP contribution in [0.25, 0.3) is 33.2 Å². The zero-order valence-corrected chi connectivity index (χ0v) is 16.8. The summed E-state index contributed by atoms with van der Waals surface area (Å²) in [5.74, 6) is 0.0953. The molecule has 3 aromatic carbocycles. The van der Waals surface area contributed by atoms with Crippen molar-refractivity contribution in [1.29, 1.82) is 0 Å². The molecule has 0 aliphatic carbocycles. The first-order valence-corrected chi connectivity index (χ1v) is 10.5. The molecule has 4 nitrogen and oxygen atoms in total. The highest BCUT2D eigenvalue weighted by molar-refractivity contribution is 6.07. The third-order valence-electron chi connectivity index (χ3n) is 6.19. The molecule has 2 heterocycles. The van der Waals surface area contributed by atoms with Crippen LogP contribution in [0.2, 0.25) is 0 Å². The molecule has 5 rings (SSSR count). The average Bonchev–Trinajstić information content (AvgIpc) is 3.23. The van der Waals surface area contributed by atoms with Crippen LogP contribution in [0, 0.1) is 0 Å². The Hall–Kier alpha value is -3.37. The van der Waals surface area contributed by atoms with E-state index in [4.69, 9.17) is 5.73 Å². The lowest BCUT2D eigenvalue weighted by Gasteiger charge is -2.22. The van der Waals surface area contributed by atoms with Crippen LogP contribution in [-0.2, 0) is 0 Å². The van der Waals surface area contributed by atoms with Crippen molar-refractivity contribution in [2.45, 2.75) is 18.8 Å². The summed E-state index contributed by atoms with van der Waals surface area (Å²) in [7, 11) is 0. The number of nitrogens with one attached hydrogen (secondary N) is 2. The van der Waals surface area contributed by atoms with E-state index < -0.39 is 5.91 Å². The number of hydrogen-bond donors (Lipinski definition) is 3. The van der Waals surface area contributed by atoms with E-state index in [0.717, 1.165) is 48.0 Å². The Kier molecular flexibility index (Phi) is 4.85. The molecule has 1 aliphatic rings. The molecule has 0 bridgehead atoms. The van der Waals surface area contributed by atoms with Gasteiger partial charge in [0.2, 0.25) is 0 Å². The van der Waals surface area contributed by atoms with Gasteiger partial charge in [-0.15, -0.1) is 0 Å². The molecule has 30 heavy (non-hydrogen) atoms. The summed E-state index contributed by atoms with van der Waals surface area (Å²) in [6.45, 7) is 2.06. The molecule has 4 heteroatoms. The second-order valence-corrected chi connectivity index (χ2v) is 8.02. The summed E-state index contributed by atoms with van der Waals surface area (Å²) in [6, 6.07) is 22.9. The number of carbonyl (C=O) groups excluding carboxylic acids is 1. The van der Waals surface area contributed by atoms with Gasteiger partial charge < -0.3 is 16.0 Å². The Balaban J connectivity index is 1.59. The topological polar surface area (TPSA) is 70.9 Å². The maximum atomic E-state index is 12.2. The van der Waals surface area contributed by atoms with Gasteiger partial charge in [0.1, 0.15) is 0 Å². The molecule has 1 amide bonds. The number of H-pyrrole nitrogens is 1. The number of benzene rings is 3. The van der Waals surface area contributed by atoms with Crippen molar-refractivity contribution < 1.29 is 4.79 Å². The van der Waals surface area contributed by atoms with E-state index >= 15 is 0 Å². The molecule has 1 fully saturated rings. The number of amides is 1. The number of primary amides is 1. The monoisotopic (exact) mass is 395 g/mol. The van der Waals surface area contributed by atoms with Crippen LogP contribution in [0.5, 0.6) is 0 Å². The third-order valence-corrected chi connectivity index (χ3v) is 6.19. The van der Waals surface area contributed by atoms with Crippen molar-refractivity contribution >= 4 is 16.8 Å². The lowest BCUT2D eigenvalue weighted by molar-refractivity contribution is 0.100. The first-order chi connectivity index (χ1) is 14.7. The molecule has 0 saturated carbocycles. The SMILES string of the molecule is NC(=O)c1cc(-c2ccc(-c3ccccc3)cc2)cc2c(C3CCNCC3)c[nH]c12. The average molecular weight is 396 g/mol. The lowest BCUT2D eigenvalue weighted by Crippen LogP contribution is -2.26. The van der Waals surface area contributed by atoms with Crippen molar-refractivity contribution in [2.75, 3.05) is 13.1 Å². The van der Waals surface area contributed by atoms with Gasteiger partial charge in [0.15, 0.2) is 0 Å². The number of aromatic amines is 1. The predicted octanol–water partition coefficient (Wildman–Crippen LogP) is 5.07. The van der Waals surface area contributed by atoms with Crippen molar-refractivity contribution in [3.8, 4) is 22.3 Å². The fourth-order valence-corrected chi connectivity index (χ4v) is 4.57. The minimum atomic E-state index is -0.401. The summed E-state index contributed by atoms with van der Waals surface area (Å²) in [5, 5.41) is 4.54. The highest BCUT2D eigenvalue weighted by Gasteiger charge is 2.21. The van der Waals surface area contributed by atoms with E-state index in [1.807, 2.05) is 24.3 Å². The second-order valence-electron chi connectivity index (χ2n) is 8.02. The largest absolute Gasteiger partial charge is 0.366 e. The van der Waals surface area contributed by atoms with Crippen molar-refractivity contribution in [3.05, 3.63) is 84.1 Å². The van der Waals surface area contributed by atoms with Gasteiger partial charge in [-0.05, 0) is 71.8 Å². The van der Waals surface area contributed by atoms with Gasteiger partial charge >= 0.3 is 0 Å². The van der Waals surface area contributed by atoms with Crippen molar-refractivity contribution in [1.82, 2.24) is 10.3 Å². The molecule has 0 unspecified atom stereocenters. The Morgan fingerprint density at radius 2 is 1.47 bits per heavy atom. The number of aromatic nitrogens is 1. The Morgan fingerprint density at radius 3 is 2.13 bits per heavy atom. The first-order valence-electron chi connectivity index (χ1n) is 10.5. The molecular formula is C26H25N3O. The van der Waals surface area contributed by atoms with E-state index in [2.05, 4.69) is 59.0 Å². The standard InChI is InChI=1S/C26H25N3O/c27-26(30)23-15-21(19-8-6-18(7-9-19)17-4-2-1-3-5-17)14-22-24(16-29-25(22)23)20-10-12-28-13-11-20/h1-9,14-16,20,28-29H,10-13H2,(H2,27,30). The van der Waals surface area contributed by atoms with Gasteiger partial charge in [-0.3, -0.25) is 4.79 Å². The molecule has 150 valence electrons. The number of fused-ring (bicyclic) bond motifs is 1. The van der Waals surface area contributed by atoms with Crippen LogP contribution >= 0.6 is 0 Å². The van der Waals surface area contributed by atoms with Crippen LogP contribution < -0.4 is 11.1 Å². The maximum absolute atomic E-state index is 12.2. The Morgan fingerprint density at radius 1 is 0.833 bits per heavy atom. The van der Waals surface area contributed by atoms with Crippen molar-refractivity contribution in [3.63, 3.8) is 0 Å². The maximum Gasteiger partial charge on any atom is 0.250 e. The van der Waals surface area contributed by atoms with Gasteiger partial charge in [0.05, 0.1) is 11.1 Å². The second kappa shape index (κ2) is 7.81. The highest BCUT2D eigenvalue weighted by atomic mass is 16.1. The summed E-state index contributed by atoms with van der Waals surface area (Å²) in [5.41, 5.74) is 12.9. The van der Waals surface area contributed by atoms with E-state index in [1.54, 1.807) is 0 Å². The van der Waals surface area contributed by atoms with E-state index in [9.17, 15) is 4.79 Å². The number of carbonyl (C=O) groups is 1. The van der Waals surface area contributed by atoms with E-state index in [-0.39, 0.29) is 0 Å². The fraction of sp³-hybridized carbons (Fsp3) is 0.192. The molecule has 1 aliphatic heterocycles. The van der Waals surface area contributed by atoms with E-state index in [1.165, 1.54) is 16.7 Å². The van der Waals surface area contributed by atoms with Crippen LogP contribution in [0.3, 0.4) is 0 Å². The molecular weight excluding hydrogens is 370 g/mol. The molecule has 0 radical (unpaired) electrons. The minimum absolute atomic E-state index is 0.401. The summed E-state index contributed by atoms with van der Waals surface area (Å²) < 4.78 is 0. The van der Waals surface area contributed by atoms with E-state index in [0.29, 0.717) is 11.5 Å². The molecule has 4 N–H and O–H groups in total. The van der Waals surface area contributed by atoms with Gasteiger partial charge in [-0.2, -0.15) is 0 Å². The molecule has 0 atom stereocenters. The number of rotatable bonds is 4. The predicted molar refractivity (Wildman–Crippen MR) is 123 cm³/mol. The quantitative estimate of drug-likeness (QED) is 0.452. The van der Waals surface area contributed by atoms with Gasteiger partial charge in [-0.1, -0.05) is 54.6 Å². The molecule has 1 aromatic heterocycles. The Labute approximate surface area is 176 Å². The zero-order chi connectivity index (χ0) is 20.5. The minimum Gasteiger partial charge on any atom is -0.366 e. The van der Waals surface area contributed by atoms with Crippen LogP contribution in [0.4, 0.5) is 0 Å². The summed E-state index contributed by atoms with van der Waals surface area (Å²) in [4.78, 5) is 15.5. The van der Waals surface area contributed by atoms with Crippen LogP contribution in [-0.4, -0.2) is 24.0 Å². The molecule has 4 aromatic rings. The Bertz CT molecular complexity index is 1190. The number of nitrogens with two attached hydrogens (primary N) is 1. The number of piperidine rings is 1. The normalized spacial score (nSPS) is 14.8. The lowest BCUT2D eigenvalue weighted by atomic mass is 9.88. The van der Waals surface area contributed by atoms with Crippen LogP contribution in [0.1, 0.15) is 34.7 Å². The number of hydrogen-bond acceptors (Lipinski definition) is 2. The summed E-state index contributed by atoms with van der Waals surface area (Å²) in [6.07, 6.45) is 4.28. The smallest absolute Gasteiger partial charge is 0.250 e. The van der Waals surface area contributed by atoms with Gasteiger partial charge in [0, 0.05) is 11.6 Å². The zero-order valence-electron chi connectivity index (χ0n) is 16.8. The first kappa shape index (κ1) is 18.6. The van der Waals surface area contributed by atoms with Crippen LogP contribution in [0.15, 0.2) is 72.9 Å². The van der Waals surface area contributed by atoms with Gasteiger partial charge in [0.25, 0.3) is 5.91 Å². The third kappa shape index (κ3) is 3.40. The molecule has 0 spiro atoms. The highest BCUT2D eigenvalue weighted by Crippen LogP contribution is 2.36. The summed E-state index contributed by atoms with van der Waals surface area (Å²) >= 11 is 0. The van der Waals surface area contributed by atoms with Gasteiger partial charge in [-0.25, -0.2) is 0 Å².